The molecule has 0 fully saturated rings. The van der Waals surface area contributed by atoms with Crippen LogP contribution in [0.2, 0.25) is 0 Å². The minimum absolute atomic E-state index is 0.00707. The minimum atomic E-state index is -0.820. The van der Waals surface area contributed by atoms with Gasteiger partial charge in [-0.05, 0) is 89.0 Å². The summed E-state index contributed by atoms with van der Waals surface area (Å²) in [4.78, 5) is 42.2. The van der Waals surface area contributed by atoms with Gasteiger partial charge in [-0.2, -0.15) is 0 Å². The summed E-state index contributed by atoms with van der Waals surface area (Å²) in [7, 11) is 0. The zero-order valence-electron chi connectivity index (χ0n) is 27.7. The van der Waals surface area contributed by atoms with Gasteiger partial charge in [0.25, 0.3) is 5.78 Å². The zero-order chi connectivity index (χ0) is 32.9. The maximum absolute atomic E-state index is 13.9. The number of carbonyl (C=O) groups is 3. The molecule has 4 aromatic carbocycles. The van der Waals surface area contributed by atoms with Gasteiger partial charge >= 0.3 is 5.97 Å². The maximum Gasteiger partial charge on any atom is 0.379 e. The molecule has 0 saturated heterocycles. The van der Waals surface area contributed by atoms with E-state index in [0.717, 1.165) is 70.6 Å². The summed E-state index contributed by atoms with van der Waals surface area (Å²) in [5, 5.41) is 0. The average molecular weight is 633 g/mol. The van der Waals surface area contributed by atoms with Crippen molar-refractivity contribution in [2.24, 2.45) is 5.41 Å². The normalized spacial score (nSPS) is 13.2. The third-order valence-electron chi connectivity index (χ3n) is 8.72. The number of ether oxygens (including phenoxy) is 1. The molecule has 0 unspecified atom stereocenters. The molecule has 0 spiro atoms. The van der Waals surface area contributed by atoms with E-state index in [4.69, 9.17) is 4.74 Å². The minimum Gasteiger partial charge on any atom is -0.459 e. The van der Waals surface area contributed by atoms with Crippen LogP contribution in [0.1, 0.15) is 111 Å². The highest BCUT2D eigenvalue weighted by Crippen LogP contribution is 2.54. The van der Waals surface area contributed by atoms with Gasteiger partial charge in [-0.15, -0.1) is 0 Å². The predicted molar refractivity (Wildman–Crippen MR) is 187 cm³/mol. The van der Waals surface area contributed by atoms with E-state index < -0.39 is 11.8 Å². The molecule has 0 bridgehead atoms. The van der Waals surface area contributed by atoms with Crippen molar-refractivity contribution in [2.75, 3.05) is 6.61 Å². The van der Waals surface area contributed by atoms with Crippen molar-refractivity contribution in [1.82, 2.24) is 0 Å². The molecule has 0 amide bonds. The molecule has 0 aromatic heterocycles. The van der Waals surface area contributed by atoms with E-state index in [1.807, 2.05) is 81.4 Å². The van der Waals surface area contributed by atoms with Crippen LogP contribution in [-0.4, -0.2) is 24.1 Å². The van der Waals surface area contributed by atoms with E-state index in [2.05, 4.69) is 38.1 Å². The van der Waals surface area contributed by atoms with Gasteiger partial charge in [-0.3, -0.25) is 9.59 Å². The van der Waals surface area contributed by atoms with Crippen LogP contribution in [0.5, 0.6) is 0 Å². The Balaban J connectivity index is 1.50. The number of hydrogen-bond acceptors (Lipinski definition) is 5. The van der Waals surface area contributed by atoms with Crippen molar-refractivity contribution in [2.45, 2.75) is 88.3 Å². The lowest BCUT2D eigenvalue weighted by molar-refractivity contribution is -0.140. The van der Waals surface area contributed by atoms with E-state index in [1.54, 1.807) is 17.8 Å². The fourth-order valence-electron chi connectivity index (χ4n) is 6.33. The molecular weight excluding hydrogens is 589 g/mol. The molecule has 0 atom stereocenters. The molecule has 5 heteroatoms. The number of Topliss-reactive ketones (excluding diaryl/α,β-unsaturated/α-hetero) is 1. The average Bonchev–Trinajstić information content (AvgIpc) is 3.33. The molecule has 1 aliphatic rings. The third kappa shape index (κ3) is 7.20. The summed E-state index contributed by atoms with van der Waals surface area (Å²) in [6, 6.07) is 29.8. The Hall–Kier alpha value is -3.96. The Labute approximate surface area is 278 Å². The first-order chi connectivity index (χ1) is 22.1. The van der Waals surface area contributed by atoms with Gasteiger partial charge in [0.2, 0.25) is 0 Å². The van der Waals surface area contributed by atoms with Crippen molar-refractivity contribution < 1.29 is 19.1 Å². The van der Waals surface area contributed by atoms with Gasteiger partial charge in [0.15, 0.2) is 5.78 Å². The van der Waals surface area contributed by atoms with Crippen LogP contribution in [-0.2, 0) is 14.9 Å². The molecule has 238 valence electrons. The van der Waals surface area contributed by atoms with E-state index >= 15 is 0 Å². The molecule has 4 nitrogen and oxygen atoms in total. The predicted octanol–water partition coefficient (Wildman–Crippen LogP) is 10.5. The second kappa shape index (κ2) is 14.2. The number of unbranched alkanes of at least 4 members (excludes halogenated alkanes) is 2. The molecule has 0 saturated carbocycles. The van der Waals surface area contributed by atoms with Gasteiger partial charge in [0.05, 0.1) is 6.61 Å². The summed E-state index contributed by atoms with van der Waals surface area (Å²) in [6.07, 6.45) is 5.88. The van der Waals surface area contributed by atoms with Gasteiger partial charge in [0.1, 0.15) is 0 Å². The first kappa shape index (κ1) is 33.4. The van der Waals surface area contributed by atoms with E-state index in [-0.39, 0.29) is 23.2 Å². The molecule has 1 aliphatic carbocycles. The van der Waals surface area contributed by atoms with Crippen molar-refractivity contribution in [3.8, 4) is 11.1 Å². The monoisotopic (exact) mass is 632 g/mol. The molecule has 4 aromatic rings. The maximum atomic E-state index is 13.9. The lowest BCUT2D eigenvalue weighted by Gasteiger charge is -2.33. The number of benzene rings is 4. The third-order valence-corrected chi connectivity index (χ3v) is 9.73. The first-order valence-corrected chi connectivity index (χ1v) is 17.3. The van der Waals surface area contributed by atoms with Crippen LogP contribution >= 0.6 is 11.8 Å². The van der Waals surface area contributed by atoms with E-state index in [0.29, 0.717) is 16.7 Å². The van der Waals surface area contributed by atoms with Crippen molar-refractivity contribution in [3.05, 3.63) is 119 Å². The first-order valence-electron chi connectivity index (χ1n) is 16.4. The van der Waals surface area contributed by atoms with Gasteiger partial charge in [-0.1, -0.05) is 115 Å². The Kier molecular flexibility index (Phi) is 10.3. The van der Waals surface area contributed by atoms with Crippen LogP contribution in [0, 0.1) is 5.41 Å². The summed E-state index contributed by atoms with van der Waals surface area (Å²) >= 11 is 1.67. The largest absolute Gasteiger partial charge is 0.459 e. The van der Waals surface area contributed by atoms with Gasteiger partial charge in [-0.25, -0.2) is 4.79 Å². The fourth-order valence-corrected chi connectivity index (χ4v) is 7.17. The second-order valence-electron chi connectivity index (χ2n) is 13.5. The standard InChI is InChI=1S/C41H44O4S/c1-6-8-23-41(24-9-7-2)35-25-29(37(42)28-15-19-32(20-16-28)46-31-13-11-10-12-14-31)17-21-33(35)34-22-18-30(26-36(34)41)38(43)39(44)45-27-40(3,4)5/h10-22,25-26H,6-9,23-24,27H2,1-5H3. The SMILES string of the molecule is CCCCC1(CCCC)c2cc(C(=O)C(=O)OCC(C)(C)C)ccc2-c2ccc(C(=O)c3ccc(Sc4ccccc4)cc3)cc21. The zero-order valence-corrected chi connectivity index (χ0v) is 28.5. The van der Waals surface area contributed by atoms with Gasteiger partial charge < -0.3 is 4.74 Å². The Morgan fingerprint density at radius 3 is 1.76 bits per heavy atom. The van der Waals surface area contributed by atoms with Crippen molar-refractivity contribution >= 4 is 29.3 Å². The molecule has 46 heavy (non-hydrogen) atoms. The number of rotatable bonds is 13. The number of hydrogen-bond donors (Lipinski definition) is 0. The highest BCUT2D eigenvalue weighted by Gasteiger charge is 2.43. The van der Waals surface area contributed by atoms with Crippen LogP contribution in [0.15, 0.2) is 101 Å². The van der Waals surface area contributed by atoms with E-state index in [1.165, 1.54) is 0 Å². The molecule has 5 rings (SSSR count). The molecule has 0 heterocycles. The Morgan fingerprint density at radius 2 is 1.20 bits per heavy atom. The summed E-state index contributed by atoms with van der Waals surface area (Å²) < 4.78 is 5.38. The lowest BCUT2D eigenvalue weighted by Crippen LogP contribution is -2.27. The smallest absolute Gasteiger partial charge is 0.379 e. The summed E-state index contributed by atoms with van der Waals surface area (Å²) in [5.74, 6) is -1.45. The number of fused-ring (bicyclic) bond motifs is 3. The van der Waals surface area contributed by atoms with Crippen molar-refractivity contribution in [3.63, 3.8) is 0 Å². The summed E-state index contributed by atoms with van der Waals surface area (Å²) in [6.45, 7) is 10.4. The van der Waals surface area contributed by atoms with Crippen LogP contribution in [0.3, 0.4) is 0 Å². The number of carbonyl (C=O) groups excluding carboxylic acids is 3. The van der Waals surface area contributed by atoms with Gasteiger partial charge in [0, 0.05) is 31.9 Å². The fraction of sp³-hybridized carbons (Fsp3) is 0.341. The Bertz CT molecular complexity index is 1710. The number of ketones is 2. The van der Waals surface area contributed by atoms with Crippen LogP contribution in [0.4, 0.5) is 0 Å². The Morgan fingerprint density at radius 1 is 0.674 bits per heavy atom. The van der Waals surface area contributed by atoms with Crippen LogP contribution < -0.4 is 0 Å². The number of esters is 1. The molecular formula is C41H44O4S. The summed E-state index contributed by atoms with van der Waals surface area (Å²) in [5.41, 5.74) is 5.48. The molecule has 0 radical (unpaired) electrons. The highest BCUT2D eigenvalue weighted by molar-refractivity contribution is 7.99. The molecule has 0 N–H and O–H groups in total. The highest BCUT2D eigenvalue weighted by atomic mass is 32.2. The quantitative estimate of drug-likeness (QED) is 0.0834. The lowest BCUT2D eigenvalue weighted by atomic mass is 9.70. The second-order valence-corrected chi connectivity index (χ2v) is 14.7. The van der Waals surface area contributed by atoms with Crippen molar-refractivity contribution in [1.29, 1.82) is 0 Å². The van der Waals surface area contributed by atoms with Crippen LogP contribution in [0.25, 0.3) is 11.1 Å². The topological polar surface area (TPSA) is 60.4 Å². The molecule has 0 aliphatic heterocycles. The van der Waals surface area contributed by atoms with E-state index in [9.17, 15) is 14.4 Å².